The van der Waals surface area contributed by atoms with Crippen molar-refractivity contribution in [2.45, 2.75) is 12.1 Å². The summed E-state index contributed by atoms with van der Waals surface area (Å²) in [7, 11) is 0. The largest absolute Gasteiger partial charge is 0.465 e. The van der Waals surface area contributed by atoms with E-state index in [0.717, 1.165) is 11.1 Å². The number of hydrogen-bond acceptors (Lipinski definition) is 6. The molecule has 3 aromatic rings. The number of thioether (sulfide) groups is 1. The molecular weight excluding hydrogens is 360 g/mol. The highest BCUT2D eigenvalue weighted by Crippen LogP contribution is 2.27. The van der Waals surface area contributed by atoms with Gasteiger partial charge in [-0.25, -0.2) is 14.6 Å². The number of carbonyl (C=O) groups excluding carboxylic acids is 1. The number of ether oxygens (including phenoxy) is 1. The average Bonchev–Trinajstić information content (AvgIpc) is 3.11. The highest BCUT2D eigenvalue weighted by molar-refractivity contribution is 7.99. The third-order valence-corrected chi connectivity index (χ3v) is 4.41. The first-order chi connectivity index (χ1) is 12.2. The Bertz CT molecular complexity index is 884. The van der Waals surface area contributed by atoms with E-state index in [1.807, 2.05) is 30.5 Å². The molecule has 25 heavy (non-hydrogen) atoms. The van der Waals surface area contributed by atoms with Crippen molar-refractivity contribution in [3.8, 4) is 16.9 Å². The fourth-order valence-electron chi connectivity index (χ4n) is 2.14. The van der Waals surface area contributed by atoms with Crippen LogP contribution in [0.15, 0.2) is 54.1 Å². The van der Waals surface area contributed by atoms with E-state index < -0.39 is 0 Å². The minimum absolute atomic E-state index is 0.168. The molecule has 0 amide bonds. The van der Waals surface area contributed by atoms with Gasteiger partial charge in [0.25, 0.3) is 0 Å². The van der Waals surface area contributed by atoms with Crippen molar-refractivity contribution >= 4 is 29.3 Å². The Balaban J connectivity index is 1.78. The van der Waals surface area contributed by atoms with Crippen LogP contribution in [-0.4, -0.2) is 38.1 Å². The Morgan fingerprint density at radius 2 is 2.16 bits per heavy atom. The van der Waals surface area contributed by atoms with E-state index >= 15 is 0 Å². The minimum Gasteiger partial charge on any atom is -0.465 e. The van der Waals surface area contributed by atoms with Crippen LogP contribution in [0.2, 0.25) is 5.02 Å². The summed E-state index contributed by atoms with van der Waals surface area (Å²) < 4.78 is 6.54. The van der Waals surface area contributed by atoms with Crippen LogP contribution in [0.5, 0.6) is 0 Å². The number of halogens is 1. The molecule has 0 saturated heterocycles. The Morgan fingerprint density at radius 3 is 2.96 bits per heavy atom. The third-order valence-electron chi connectivity index (χ3n) is 3.25. The van der Waals surface area contributed by atoms with Gasteiger partial charge in [0.05, 0.1) is 18.6 Å². The first-order valence-electron chi connectivity index (χ1n) is 7.59. The fraction of sp³-hybridized carbons (Fsp3) is 0.176. The first kappa shape index (κ1) is 17.4. The topological polar surface area (TPSA) is 69.9 Å². The van der Waals surface area contributed by atoms with E-state index in [4.69, 9.17) is 16.3 Å². The number of esters is 1. The summed E-state index contributed by atoms with van der Waals surface area (Å²) in [5, 5.41) is 5.49. The van der Waals surface area contributed by atoms with Crippen molar-refractivity contribution in [3.05, 3.63) is 53.9 Å². The van der Waals surface area contributed by atoms with E-state index in [1.165, 1.54) is 11.8 Å². The lowest BCUT2D eigenvalue weighted by atomic mass is 10.1. The molecule has 0 N–H and O–H groups in total. The van der Waals surface area contributed by atoms with Crippen LogP contribution in [0.25, 0.3) is 16.9 Å². The minimum atomic E-state index is -0.290. The lowest BCUT2D eigenvalue weighted by Crippen LogP contribution is -2.07. The number of rotatable bonds is 6. The normalized spacial score (nSPS) is 10.6. The Labute approximate surface area is 154 Å². The Morgan fingerprint density at radius 1 is 1.32 bits per heavy atom. The van der Waals surface area contributed by atoms with Crippen molar-refractivity contribution in [2.75, 3.05) is 12.4 Å². The predicted octanol–water partition coefficient (Wildman–Crippen LogP) is 3.64. The highest BCUT2D eigenvalue weighted by Gasteiger charge is 2.10. The van der Waals surface area contributed by atoms with Gasteiger partial charge >= 0.3 is 5.97 Å². The van der Waals surface area contributed by atoms with Crippen molar-refractivity contribution in [3.63, 3.8) is 0 Å². The molecule has 2 heterocycles. The molecular formula is C17H15ClN4O2S. The van der Waals surface area contributed by atoms with Gasteiger partial charge in [-0.15, -0.1) is 0 Å². The molecule has 2 aromatic heterocycles. The first-order valence-corrected chi connectivity index (χ1v) is 8.95. The van der Waals surface area contributed by atoms with E-state index in [-0.39, 0.29) is 11.7 Å². The second-order valence-corrected chi connectivity index (χ2v) is 6.29. The van der Waals surface area contributed by atoms with Gasteiger partial charge in [0.1, 0.15) is 0 Å². The van der Waals surface area contributed by atoms with Gasteiger partial charge in [-0.2, -0.15) is 5.10 Å². The molecule has 0 spiro atoms. The summed E-state index contributed by atoms with van der Waals surface area (Å²) in [6.07, 6.45) is 5.21. The summed E-state index contributed by atoms with van der Waals surface area (Å²) in [5.41, 5.74) is 1.80. The van der Waals surface area contributed by atoms with Crippen LogP contribution in [0.1, 0.15) is 6.92 Å². The molecule has 128 valence electrons. The third kappa shape index (κ3) is 4.37. The lowest BCUT2D eigenvalue weighted by molar-refractivity contribution is -0.139. The number of nitrogens with zero attached hydrogens (tertiary/aromatic N) is 4. The predicted molar refractivity (Wildman–Crippen MR) is 97.0 cm³/mol. The molecule has 1 aromatic carbocycles. The lowest BCUT2D eigenvalue weighted by Gasteiger charge is -2.04. The zero-order chi connectivity index (χ0) is 17.6. The molecule has 0 radical (unpaired) electrons. The molecule has 0 bridgehead atoms. The van der Waals surface area contributed by atoms with Gasteiger partial charge in [0, 0.05) is 34.6 Å². The van der Waals surface area contributed by atoms with Crippen molar-refractivity contribution in [1.82, 2.24) is 19.7 Å². The smallest absolute Gasteiger partial charge is 0.316 e. The van der Waals surface area contributed by atoms with Gasteiger partial charge in [-0.3, -0.25) is 4.79 Å². The molecule has 0 aliphatic rings. The molecule has 0 aliphatic heterocycles. The number of aromatic nitrogens is 4. The summed E-state index contributed by atoms with van der Waals surface area (Å²) in [6.45, 7) is 2.13. The van der Waals surface area contributed by atoms with Gasteiger partial charge < -0.3 is 4.74 Å². The van der Waals surface area contributed by atoms with E-state index in [9.17, 15) is 4.79 Å². The number of hydrogen-bond donors (Lipinski definition) is 0. The molecule has 3 rings (SSSR count). The van der Waals surface area contributed by atoms with Crippen LogP contribution in [0.4, 0.5) is 0 Å². The molecule has 8 heteroatoms. The van der Waals surface area contributed by atoms with Gasteiger partial charge in [-0.05, 0) is 13.0 Å². The highest BCUT2D eigenvalue weighted by atomic mass is 35.5. The summed E-state index contributed by atoms with van der Waals surface area (Å²) in [5.74, 6) is 0.489. The summed E-state index contributed by atoms with van der Waals surface area (Å²) >= 11 is 7.45. The molecule has 0 atom stereocenters. The molecule has 0 unspecified atom stereocenters. The SMILES string of the molecule is CCOC(=O)CSc1nccc(-n2cc(-c3ccccc3Cl)cn2)n1. The zero-order valence-electron chi connectivity index (χ0n) is 13.4. The van der Waals surface area contributed by atoms with Gasteiger partial charge in [0.15, 0.2) is 11.0 Å². The number of benzene rings is 1. The van der Waals surface area contributed by atoms with Crippen molar-refractivity contribution < 1.29 is 9.53 Å². The average molecular weight is 375 g/mol. The maximum absolute atomic E-state index is 11.4. The maximum Gasteiger partial charge on any atom is 0.316 e. The monoisotopic (exact) mass is 374 g/mol. The van der Waals surface area contributed by atoms with Crippen molar-refractivity contribution in [1.29, 1.82) is 0 Å². The molecule has 0 saturated carbocycles. The van der Waals surface area contributed by atoms with Crippen molar-refractivity contribution in [2.24, 2.45) is 0 Å². The maximum atomic E-state index is 11.4. The summed E-state index contributed by atoms with van der Waals surface area (Å²) in [6, 6.07) is 9.33. The van der Waals surface area contributed by atoms with E-state index in [2.05, 4.69) is 15.1 Å². The van der Waals surface area contributed by atoms with Gasteiger partial charge in [0.2, 0.25) is 0 Å². The molecule has 0 fully saturated rings. The molecule has 0 aliphatic carbocycles. The second kappa shape index (κ2) is 8.13. The number of carbonyl (C=O) groups is 1. The standard InChI is InChI=1S/C17H15ClN4O2S/c1-2-24-16(23)11-25-17-19-8-7-15(21-17)22-10-12(9-20-22)13-5-3-4-6-14(13)18/h3-10H,2,11H2,1H3. The van der Waals surface area contributed by atoms with Crippen LogP contribution in [0.3, 0.4) is 0 Å². The zero-order valence-corrected chi connectivity index (χ0v) is 15.0. The van der Waals surface area contributed by atoms with Crippen LogP contribution in [-0.2, 0) is 9.53 Å². The van der Waals surface area contributed by atoms with Crippen LogP contribution < -0.4 is 0 Å². The van der Waals surface area contributed by atoms with Crippen LogP contribution in [0, 0.1) is 0 Å². The van der Waals surface area contributed by atoms with Crippen LogP contribution >= 0.6 is 23.4 Å². The Hall–Kier alpha value is -2.38. The quantitative estimate of drug-likeness (QED) is 0.372. The van der Waals surface area contributed by atoms with E-state index in [0.29, 0.717) is 22.6 Å². The van der Waals surface area contributed by atoms with Gasteiger partial charge in [-0.1, -0.05) is 41.6 Å². The second-order valence-electron chi connectivity index (χ2n) is 4.94. The fourth-order valence-corrected chi connectivity index (χ4v) is 3.01. The summed E-state index contributed by atoms with van der Waals surface area (Å²) in [4.78, 5) is 20.0. The van der Waals surface area contributed by atoms with E-state index in [1.54, 1.807) is 30.1 Å². The Kier molecular flexibility index (Phi) is 5.67. The molecule has 6 nitrogen and oxygen atoms in total.